The van der Waals surface area contributed by atoms with Gasteiger partial charge in [-0.25, -0.2) is 4.79 Å². The van der Waals surface area contributed by atoms with E-state index in [1.807, 2.05) is 0 Å². The molecule has 1 aromatic heterocycles. The highest BCUT2D eigenvalue weighted by Crippen LogP contribution is 2.47. The van der Waals surface area contributed by atoms with Crippen LogP contribution in [-0.2, 0) is 6.54 Å². The Kier molecular flexibility index (Phi) is 6.30. The van der Waals surface area contributed by atoms with E-state index in [0.717, 1.165) is 17.0 Å². The molecule has 0 aliphatic carbocycles. The smallest absolute Gasteiger partial charge is 0.421 e. The summed E-state index contributed by atoms with van der Waals surface area (Å²) in [5, 5.41) is 0.858. The summed E-state index contributed by atoms with van der Waals surface area (Å²) in [6.07, 6.45) is -8.04. The zero-order chi connectivity index (χ0) is 24.8. The first-order chi connectivity index (χ1) is 15.9. The number of thiazole rings is 1. The van der Waals surface area contributed by atoms with Crippen LogP contribution in [-0.4, -0.2) is 34.8 Å². The minimum Gasteiger partial charge on any atom is -0.421 e. The van der Waals surface area contributed by atoms with E-state index in [2.05, 4.69) is 14.5 Å². The average Bonchev–Trinajstić information content (AvgIpc) is 3.10. The Labute approximate surface area is 204 Å². The molecule has 0 saturated heterocycles. The summed E-state index contributed by atoms with van der Waals surface area (Å²) in [5.41, 5.74) is 0.916. The summed E-state index contributed by atoms with van der Waals surface area (Å²) in [7, 11) is 1.54. The first kappa shape index (κ1) is 24.4. The molecule has 0 spiro atoms. The Morgan fingerprint density at radius 2 is 1.76 bits per heavy atom. The normalized spacial score (nSPS) is 16.4. The van der Waals surface area contributed by atoms with Gasteiger partial charge in [-0.2, -0.15) is 22.6 Å². The number of amides is 2. The van der Waals surface area contributed by atoms with Crippen LogP contribution in [0.4, 0.5) is 22.4 Å². The van der Waals surface area contributed by atoms with E-state index in [1.165, 1.54) is 33.9 Å². The summed E-state index contributed by atoms with van der Waals surface area (Å²) in [6, 6.07) is 7.85. The topological polar surface area (TPSA) is 56.1 Å². The Balaban J connectivity index is 1.64. The van der Waals surface area contributed by atoms with Crippen LogP contribution in [0.25, 0.3) is 5.69 Å². The van der Waals surface area contributed by atoms with Crippen molar-refractivity contribution in [3.63, 3.8) is 0 Å². The Morgan fingerprint density at radius 3 is 2.44 bits per heavy atom. The predicted octanol–water partition coefficient (Wildman–Crippen LogP) is 6.26. The number of halogens is 6. The van der Waals surface area contributed by atoms with Gasteiger partial charge in [-0.3, -0.25) is 4.57 Å². The quantitative estimate of drug-likeness (QED) is 0.372. The van der Waals surface area contributed by atoms with Crippen LogP contribution in [0.5, 0.6) is 11.5 Å². The average molecular weight is 536 g/mol. The standard InChI is InChI=1S/C21H15Cl2F4N3O3S/c1-11-9-30(14-5-6-16-17(8-14)33-21(26,27)20(24,25)32-16)19(34-11)28-18(31)29(2)10-12-3-4-13(22)7-15(12)23/h3-9H,10H2,1-2H3/b28-19-. The SMILES string of the molecule is Cc1cn(-c2ccc3c(c2)OC(F)(F)C(F)(F)O3)/c(=N/C(=O)N(C)Cc2ccc(Cl)cc2Cl)s1. The van der Waals surface area contributed by atoms with E-state index in [4.69, 9.17) is 23.2 Å². The number of carbonyl (C=O) groups is 1. The summed E-state index contributed by atoms with van der Waals surface area (Å²) >= 11 is 13.2. The van der Waals surface area contributed by atoms with Crippen molar-refractivity contribution < 1.29 is 31.8 Å². The lowest BCUT2D eigenvalue weighted by atomic mass is 10.2. The van der Waals surface area contributed by atoms with Crippen LogP contribution >= 0.6 is 34.5 Å². The second-order valence-electron chi connectivity index (χ2n) is 7.35. The van der Waals surface area contributed by atoms with Gasteiger partial charge in [-0.1, -0.05) is 29.3 Å². The molecule has 6 nitrogen and oxygen atoms in total. The number of aryl methyl sites for hydroxylation is 1. The van der Waals surface area contributed by atoms with Gasteiger partial charge < -0.3 is 14.4 Å². The molecule has 4 rings (SSSR count). The third-order valence-corrected chi connectivity index (χ3v) is 6.22. The third kappa shape index (κ3) is 4.73. The number of aromatic nitrogens is 1. The number of hydrogen-bond acceptors (Lipinski definition) is 4. The van der Waals surface area contributed by atoms with Crippen LogP contribution in [0.3, 0.4) is 0 Å². The molecular weight excluding hydrogens is 521 g/mol. The maximum Gasteiger partial charge on any atom is 0.507 e. The lowest BCUT2D eigenvalue weighted by Gasteiger charge is -2.31. The van der Waals surface area contributed by atoms with Gasteiger partial charge in [0.1, 0.15) is 0 Å². The summed E-state index contributed by atoms with van der Waals surface area (Å²) in [5.74, 6) is -1.11. The van der Waals surface area contributed by atoms with Crippen molar-refractivity contribution >= 4 is 40.6 Å². The fraction of sp³-hybridized carbons (Fsp3) is 0.238. The summed E-state index contributed by atoms with van der Waals surface area (Å²) in [4.78, 5) is 19.2. The molecule has 13 heteroatoms. The minimum absolute atomic E-state index is 0.163. The van der Waals surface area contributed by atoms with E-state index in [-0.39, 0.29) is 17.0 Å². The Bertz CT molecular complexity index is 1340. The molecule has 0 bridgehead atoms. The molecule has 0 radical (unpaired) electrons. The summed E-state index contributed by atoms with van der Waals surface area (Å²) in [6.45, 7) is 1.92. The summed E-state index contributed by atoms with van der Waals surface area (Å²) < 4.78 is 63.7. The molecule has 1 aliphatic rings. The number of rotatable bonds is 3. The van der Waals surface area contributed by atoms with Gasteiger partial charge in [0.2, 0.25) is 0 Å². The largest absolute Gasteiger partial charge is 0.507 e. The van der Waals surface area contributed by atoms with Gasteiger partial charge in [0.25, 0.3) is 0 Å². The molecule has 2 heterocycles. The number of ether oxygens (including phenoxy) is 2. The lowest BCUT2D eigenvalue weighted by Crippen LogP contribution is -2.52. The number of carbonyl (C=O) groups excluding carboxylic acids is 1. The monoisotopic (exact) mass is 535 g/mol. The fourth-order valence-electron chi connectivity index (χ4n) is 3.06. The molecule has 0 saturated carbocycles. The van der Waals surface area contributed by atoms with Crippen molar-refractivity contribution in [3.05, 3.63) is 67.9 Å². The van der Waals surface area contributed by atoms with Crippen LogP contribution in [0, 0.1) is 6.92 Å². The van der Waals surface area contributed by atoms with Gasteiger partial charge in [-0.05, 0) is 36.8 Å². The van der Waals surface area contributed by atoms with Gasteiger partial charge >= 0.3 is 18.2 Å². The molecular formula is C21H15Cl2F4N3O3S. The second-order valence-corrected chi connectivity index (χ2v) is 9.41. The first-order valence-corrected chi connectivity index (χ1v) is 11.1. The Hall–Kier alpha value is -2.76. The molecule has 0 fully saturated rings. The number of nitrogens with zero attached hydrogens (tertiary/aromatic N) is 3. The van der Waals surface area contributed by atoms with Crippen molar-refractivity contribution in [2.75, 3.05) is 7.05 Å². The Morgan fingerprint density at radius 1 is 1.09 bits per heavy atom. The van der Waals surface area contributed by atoms with Gasteiger partial charge in [0.05, 0.1) is 5.69 Å². The van der Waals surface area contributed by atoms with E-state index in [9.17, 15) is 22.4 Å². The van der Waals surface area contributed by atoms with E-state index >= 15 is 0 Å². The van der Waals surface area contributed by atoms with Crippen molar-refractivity contribution in [2.45, 2.75) is 25.7 Å². The fourth-order valence-corrected chi connectivity index (χ4v) is 4.36. The van der Waals surface area contributed by atoms with Crippen LogP contribution in [0.15, 0.2) is 47.6 Å². The van der Waals surface area contributed by atoms with Crippen LogP contribution in [0.1, 0.15) is 10.4 Å². The number of alkyl halides is 4. The van der Waals surface area contributed by atoms with Crippen LogP contribution in [0.2, 0.25) is 10.0 Å². The van der Waals surface area contributed by atoms with Crippen LogP contribution < -0.4 is 14.3 Å². The third-order valence-electron chi connectivity index (χ3n) is 4.73. The lowest BCUT2D eigenvalue weighted by molar-refractivity contribution is -0.391. The predicted molar refractivity (Wildman–Crippen MR) is 118 cm³/mol. The highest BCUT2D eigenvalue weighted by molar-refractivity contribution is 7.09. The minimum atomic E-state index is -4.84. The molecule has 0 atom stereocenters. The van der Waals surface area contributed by atoms with Gasteiger partial charge in [-0.15, -0.1) is 11.3 Å². The highest BCUT2D eigenvalue weighted by Gasteiger charge is 2.65. The first-order valence-electron chi connectivity index (χ1n) is 9.57. The number of fused-ring (bicyclic) bond motifs is 1. The zero-order valence-corrected chi connectivity index (χ0v) is 19.8. The highest BCUT2D eigenvalue weighted by atomic mass is 35.5. The molecule has 3 aromatic rings. The van der Waals surface area contributed by atoms with E-state index < -0.39 is 29.7 Å². The van der Waals surface area contributed by atoms with Crippen molar-refractivity contribution in [1.29, 1.82) is 0 Å². The molecule has 1 aliphatic heterocycles. The zero-order valence-electron chi connectivity index (χ0n) is 17.5. The number of benzene rings is 2. The number of urea groups is 1. The molecule has 34 heavy (non-hydrogen) atoms. The molecule has 0 unspecified atom stereocenters. The van der Waals surface area contributed by atoms with Crippen molar-refractivity contribution in [3.8, 4) is 17.2 Å². The maximum atomic E-state index is 13.6. The van der Waals surface area contributed by atoms with E-state index in [1.54, 1.807) is 31.3 Å². The second kappa shape index (κ2) is 8.79. The maximum absolute atomic E-state index is 13.6. The number of hydrogen-bond donors (Lipinski definition) is 0. The van der Waals surface area contributed by atoms with Crippen molar-refractivity contribution in [1.82, 2.24) is 9.47 Å². The van der Waals surface area contributed by atoms with Crippen molar-refractivity contribution in [2.24, 2.45) is 4.99 Å². The molecule has 180 valence electrons. The molecule has 2 aromatic carbocycles. The van der Waals surface area contributed by atoms with Gasteiger partial charge in [0.15, 0.2) is 16.3 Å². The molecule has 0 N–H and O–H groups in total. The molecule has 2 amide bonds. The van der Waals surface area contributed by atoms with Gasteiger partial charge in [0, 0.05) is 40.8 Å². The van der Waals surface area contributed by atoms with E-state index in [0.29, 0.717) is 15.6 Å².